The fourth-order valence-corrected chi connectivity index (χ4v) is 4.47. The predicted molar refractivity (Wildman–Crippen MR) is 117 cm³/mol. The van der Waals surface area contributed by atoms with Crippen LogP contribution in [-0.2, 0) is 0 Å². The van der Waals surface area contributed by atoms with Crippen LogP contribution in [-0.4, -0.2) is 47.3 Å². The number of rotatable bonds is 6. The second-order valence-electron chi connectivity index (χ2n) is 8.68. The van der Waals surface area contributed by atoms with Gasteiger partial charge in [-0.25, -0.2) is 18.0 Å². The Kier molecular flexibility index (Phi) is 6.15. The Labute approximate surface area is 184 Å². The molecular formula is C24H26F3N3O2. The van der Waals surface area contributed by atoms with Gasteiger partial charge in [-0.15, -0.1) is 0 Å². The molecule has 1 aliphatic rings. The highest BCUT2D eigenvalue weighted by Gasteiger charge is 2.35. The molecule has 1 atom stereocenters. The van der Waals surface area contributed by atoms with Gasteiger partial charge in [0.1, 0.15) is 17.5 Å². The van der Waals surface area contributed by atoms with E-state index in [0.717, 1.165) is 24.5 Å². The number of aliphatic hydroxyl groups is 1. The summed E-state index contributed by atoms with van der Waals surface area (Å²) in [4.78, 5) is 16.8. The summed E-state index contributed by atoms with van der Waals surface area (Å²) >= 11 is 0. The molecule has 2 amide bonds. The van der Waals surface area contributed by atoms with E-state index < -0.39 is 17.7 Å². The number of H-pyrrole nitrogens is 1. The van der Waals surface area contributed by atoms with Gasteiger partial charge < -0.3 is 20.3 Å². The summed E-state index contributed by atoms with van der Waals surface area (Å²) < 4.78 is 41.9. The summed E-state index contributed by atoms with van der Waals surface area (Å²) in [6.45, 7) is 2.32. The Balaban J connectivity index is 1.56. The Bertz CT molecular complexity index is 1120. The molecule has 8 heteroatoms. The fourth-order valence-electron chi connectivity index (χ4n) is 4.47. The number of nitrogens with one attached hydrogen (secondary N) is 2. The first-order valence-electron chi connectivity index (χ1n) is 10.7. The molecular weight excluding hydrogens is 419 g/mol. The van der Waals surface area contributed by atoms with Crippen molar-refractivity contribution in [3.8, 4) is 11.3 Å². The fraction of sp³-hybridized carbons (Fsp3) is 0.375. The molecule has 1 aromatic heterocycles. The summed E-state index contributed by atoms with van der Waals surface area (Å²) in [6.07, 6.45) is 0.897. The minimum absolute atomic E-state index is 0.0592. The summed E-state index contributed by atoms with van der Waals surface area (Å²) in [6, 6.07) is 7.85. The standard InChI is InChI=1S/C24H26F3N3O2/c1-13(31)11-28-24(32)30(2)12-14-7-16(8-14)21-19-9-18(26)10-20(27)23(19)29-22(21)15-3-5-17(25)6-4-15/h3-6,9-10,13-14,16,29,31H,7-8,11-12H2,1-2H3,(H,28,32)/t13-,14?,16?/m1/s1. The van der Waals surface area contributed by atoms with Crippen molar-refractivity contribution in [1.82, 2.24) is 15.2 Å². The number of fused-ring (bicyclic) bond motifs is 1. The molecule has 0 bridgehead atoms. The summed E-state index contributed by atoms with van der Waals surface area (Å²) in [5.41, 5.74) is 2.42. The van der Waals surface area contributed by atoms with Gasteiger partial charge in [-0.2, -0.15) is 0 Å². The van der Waals surface area contributed by atoms with Crippen LogP contribution in [0, 0.1) is 23.4 Å². The highest BCUT2D eigenvalue weighted by Crippen LogP contribution is 2.48. The lowest BCUT2D eigenvalue weighted by atomic mass is 9.70. The van der Waals surface area contributed by atoms with Crippen LogP contribution in [0.2, 0.25) is 0 Å². The Morgan fingerprint density at radius 2 is 1.88 bits per heavy atom. The average Bonchev–Trinajstić information content (AvgIpc) is 3.08. The van der Waals surface area contributed by atoms with E-state index in [9.17, 15) is 23.1 Å². The van der Waals surface area contributed by atoms with Gasteiger partial charge in [0.25, 0.3) is 0 Å². The van der Waals surface area contributed by atoms with Crippen LogP contribution in [0.1, 0.15) is 31.2 Å². The van der Waals surface area contributed by atoms with Crippen LogP contribution < -0.4 is 5.32 Å². The topological polar surface area (TPSA) is 68.4 Å². The molecule has 2 aromatic carbocycles. The van der Waals surface area contributed by atoms with E-state index in [4.69, 9.17) is 0 Å². The van der Waals surface area contributed by atoms with Crippen LogP contribution in [0.4, 0.5) is 18.0 Å². The molecule has 3 N–H and O–H groups in total. The number of aliphatic hydroxyl groups excluding tert-OH is 1. The number of benzene rings is 2. The Hall–Kier alpha value is -3.00. The quantitative estimate of drug-likeness (QED) is 0.512. The second-order valence-corrected chi connectivity index (χ2v) is 8.68. The van der Waals surface area contributed by atoms with Crippen molar-refractivity contribution in [2.75, 3.05) is 20.1 Å². The lowest BCUT2D eigenvalue weighted by Crippen LogP contribution is -2.44. The van der Waals surface area contributed by atoms with Gasteiger partial charge in [0.2, 0.25) is 0 Å². The molecule has 1 aliphatic carbocycles. The third-order valence-electron chi connectivity index (χ3n) is 6.07. The van der Waals surface area contributed by atoms with Gasteiger partial charge in [-0.05, 0) is 73.1 Å². The van der Waals surface area contributed by atoms with Crippen molar-refractivity contribution in [2.45, 2.75) is 31.8 Å². The monoisotopic (exact) mass is 445 g/mol. The maximum atomic E-state index is 14.5. The summed E-state index contributed by atoms with van der Waals surface area (Å²) in [5, 5.41) is 12.5. The molecule has 32 heavy (non-hydrogen) atoms. The van der Waals surface area contributed by atoms with E-state index in [1.807, 2.05) is 0 Å². The van der Waals surface area contributed by atoms with Crippen molar-refractivity contribution in [1.29, 1.82) is 0 Å². The zero-order valence-electron chi connectivity index (χ0n) is 18.0. The minimum Gasteiger partial charge on any atom is -0.392 e. The number of hydrogen-bond acceptors (Lipinski definition) is 2. The first-order valence-corrected chi connectivity index (χ1v) is 10.7. The zero-order valence-corrected chi connectivity index (χ0v) is 18.0. The van der Waals surface area contributed by atoms with Crippen LogP contribution in [0.3, 0.4) is 0 Å². The molecule has 1 heterocycles. The normalized spacial score (nSPS) is 18.9. The third kappa shape index (κ3) is 4.46. The number of nitrogens with zero attached hydrogens (tertiary/aromatic N) is 1. The molecule has 3 aromatic rings. The number of carbonyl (C=O) groups excluding carboxylic acids is 1. The highest BCUT2D eigenvalue weighted by molar-refractivity contribution is 5.92. The van der Waals surface area contributed by atoms with Gasteiger partial charge in [0, 0.05) is 31.6 Å². The molecule has 1 saturated carbocycles. The van der Waals surface area contributed by atoms with Gasteiger partial charge in [0.15, 0.2) is 0 Å². The second kappa shape index (κ2) is 8.86. The Morgan fingerprint density at radius 3 is 2.53 bits per heavy atom. The van der Waals surface area contributed by atoms with Gasteiger partial charge in [-0.3, -0.25) is 0 Å². The lowest BCUT2D eigenvalue weighted by Gasteiger charge is -2.38. The van der Waals surface area contributed by atoms with E-state index in [-0.39, 0.29) is 35.7 Å². The highest BCUT2D eigenvalue weighted by atomic mass is 19.1. The minimum atomic E-state index is -0.667. The van der Waals surface area contributed by atoms with Gasteiger partial charge >= 0.3 is 6.03 Å². The molecule has 4 rings (SSSR count). The van der Waals surface area contributed by atoms with Crippen LogP contribution in [0.25, 0.3) is 22.2 Å². The smallest absolute Gasteiger partial charge is 0.317 e. The SMILES string of the molecule is C[C@@H](O)CNC(=O)N(C)CC1CC(c2c(-c3ccc(F)cc3)[nH]c3c(F)cc(F)cc23)C1. The maximum absolute atomic E-state index is 14.5. The lowest BCUT2D eigenvalue weighted by molar-refractivity contribution is 0.159. The molecule has 0 radical (unpaired) electrons. The van der Waals surface area contributed by atoms with Crippen molar-refractivity contribution in [3.05, 3.63) is 59.4 Å². The van der Waals surface area contributed by atoms with E-state index in [1.165, 1.54) is 18.2 Å². The van der Waals surface area contributed by atoms with Crippen LogP contribution in [0.15, 0.2) is 36.4 Å². The number of urea groups is 1. The number of carbonyl (C=O) groups is 1. The van der Waals surface area contributed by atoms with Gasteiger partial charge in [0.05, 0.1) is 17.3 Å². The number of hydrogen-bond donors (Lipinski definition) is 3. The first kappa shape index (κ1) is 22.2. The first-order chi connectivity index (χ1) is 15.2. The van der Waals surface area contributed by atoms with Crippen molar-refractivity contribution >= 4 is 16.9 Å². The number of aromatic nitrogens is 1. The molecule has 170 valence electrons. The van der Waals surface area contributed by atoms with Crippen molar-refractivity contribution in [3.63, 3.8) is 0 Å². The van der Waals surface area contributed by atoms with Crippen molar-refractivity contribution < 1.29 is 23.1 Å². The molecule has 5 nitrogen and oxygen atoms in total. The molecule has 1 fully saturated rings. The molecule has 0 spiro atoms. The zero-order chi connectivity index (χ0) is 23.0. The van der Waals surface area contributed by atoms with E-state index in [2.05, 4.69) is 10.3 Å². The third-order valence-corrected chi connectivity index (χ3v) is 6.07. The van der Waals surface area contributed by atoms with Gasteiger partial charge in [-0.1, -0.05) is 0 Å². The molecule has 0 unspecified atom stereocenters. The van der Waals surface area contributed by atoms with E-state index in [0.29, 0.717) is 23.2 Å². The van der Waals surface area contributed by atoms with E-state index in [1.54, 1.807) is 31.0 Å². The van der Waals surface area contributed by atoms with E-state index >= 15 is 0 Å². The summed E-state index contributed by atoms with van der Waals surface area (Å²) in [7, 11) is 1.70. The Morgan fingerprint density at radius 1 is 1.19 bits per heavy atom. The largest absolute Gasteiger partial charge is 0.392 e. The number of amides is 2. The molecule has 0 saturated heterocycles. The maximum Gasteiger partial charge on any atom is 0.317 e. The number of halogens is 3. The van der Waals surface area contributed by atoms with Crippen LogP contribution in [0.5, 0.6) is 0 Å². The average molecular weight is 445 g/mol. The van der Waals surface area contributed by atoms with Crippen molar-refractivity contribution in [2.24, 2.45) is 5.92 Å². The summed E-state index contributed by atoms with van der Waals surface area (Å²) in [5.74, 6) is -1.38. The van der Waals surface area contributed by atoms with Crippen LogP contribution >= 0.6 is 0 Å². The number of aromatic amines is 1. The predicted octanol–water partition coefficient (Wildman–Crippen LogP) is 4.77. The molecule has 0 aliphatic heterocycles.